The lowest BCUT2D eigenvalue weighted by atomic mass is 9.82. The largest absolute Gasteiger partial charge is 0.494 e. The number of carboxylic acid groups (broad SMARTS) is 1. The number of hydrogen-bond donors (Lipinski definition) is 1. The molecular formula is C30H41FN2O7. The van der Waals surface area contributed by atoms with Crippen LogP contribution in [0.5, 0.6) is 23.0 Å². The summed E-state index contributed by atoms with van der Waals surface area (Å²) in [6.07, 6.45) is 5.54. The number of carbonyl (C=O) groups is 2. The molecule has 0 radical (unpaired) electrons. The summed E-state index contributed by atoms with van der Waals surface area (Å²) in [5.41, 5.74) is 1.37. The number of carbonyl (C=O) groups excluding carboxylic acids is 1. The van der Waals surface area contributed by atoms with Crippen molar-refractivity contribution in [3.63, 3.8) is 0 Å². The molecule has 10 heteroatoms. The van der Waals surface area contributed by atoms with Gasteiger partial charge in [-0.3, -0.25) is 14.5 Å². The van der Waals surface area contributed by atoms with E-state index >= 15 is 0 Å². The third kappa shape index (κ3) is 7.15. The number of hydrogen-bond acceptors (Lipinski definition) is 7. The summed E-state index contributed by atoms with van der Waals surface area (Å²) in [5.74, 6) is -0.908. The molecule has 2 aliphatic heterocycles. The maximum absolute atomic E-state index is 14.3. The first-order chi connectivity index (χ1) is 19.3. The van der Waals surface area contributed by atoms with Gasteiger partial charge in [-0.15, -0.1) is 0 Å². The molecule has 1 amide bonds. The van der Waals surface area contributed by atoms with Crippen LogP contribution in [-0.4, -0.2) is 75.0 Å². The van der Waals surface area contributed by atoms with Crippen LogP contribution in [-0.2, 0) is 9.59 Å². The van der Waals surface area contributed by atoms with Crippen LogP contribution in [0.15, 0.2) is 30.3 Å². The van der Waals surface area contributed by atoms with Crippen molar-refractivity contribution in [1.82, 2.24) is 9.80 Å². The van der Waals surface area contributed by atoms with Crippen LogP contribution in [0.4, 0.5) is 4.39 Å². The maximum Gasteiger partial charge on any atom is 0.309 e. The summed E-state index contributed by atoms with van der Waals surface area (Å²) in [7, 11) is 4.76. The average Bonchev–Trinajstić information content (AvgIpc) is 3.57. The Morgan fingerprint density at radius 2 is 1.75 bits per heavy atom. The van der Waals surface area contributed by atoms with Crippen LogP contribution in [0.3, 0.4) is 0 Å². The molecule has 3 unspecified atom stereocenters. The molecule has 220 valence electrons. The molecule has 40 heavy (non-hydrogen) atoms. The van der Waals surface area contributed by atoms with Crippen molar-refractivity contribution in [1.29, 1.82) is 0 Å². The summed E-state index contributed by atoms with van der Waals surface area (Å²) >= 11 is 0. The highest BCUT2D eigenvalue weighted by Crippen LogP contribution is 2.49. The van der Waals surface area contributed by atoms with Gasteiger partial charge < -0.3 is 29.0 Å². The third-order valence-electron chi connectivity index (χ3n) is 7.39. The molecule has 1 fully saturated rings. The van der Waals surface area contributed by atoms with Gasteiger partial charge in [0.15, 0.2) is 23.1 Å². The molecule has 2 aromatic carbocycles. The van der Waals surface area contributed by atoms with Gasteiger partial charge in [-0.05, 0) is 55.3 Å². The lowest BCUT2D eigenvalue weighted by Gasteiger charge is -2.24. The number of carboxylic acids is 1. The number of benzene rings is 2. The van der Waals surface area contributed by atoms with Crippen LogP contribution < -0.4 is 18.9 Å². The Morgan fingerprint density at radius 3 is 2.30 bits per heavy atom. The third-order valence-corrected chi connectivity index (χ3v) is 7.39. The number of unbranched alkanes of at least 4 members (excludes halogenated alkanes) is 2. The molecule has 3 atom stereocenters. The van der Waals surface area contributed by atoms with E-state index < -0.39 is 23.7 Å². The number of amides is 1. The zero-order valence-corrected chi connectivity index (χ0v) is 24.0. The Labute approximate surface area is 235 Å². The minimum absolute atomic E-state index is 0.0931. The number of methoxy groups -OCH3 is 2. The van der Waals surface area contributed by atoms with Crippen molar-refractivity contribution in [3.05, 3.63) is 47.3 Å². The number of rotatable bonds is 12. The second-order valence-electron chi connectivity index (χ2n) is 10.1. The van der Waals surface area contributed by atoms with Gasteiger partial charge in [-0.2, -0.15) is 0 Å². The summed E-state index contributed by atoms with van der Waals surface area (Å²) in [6.45, 7) is 6.72. The minimum atomic E-state index is -0.947. The number of likely N-dealkylation sites (tertiary alicyclic amines) is 1. The molecule has 4 rings (SSSR count). The lowest BCUT2D eigenvalue weighted by Crippen LogP contribution is -2.26. The van der Waals surface area contributed by atoms with Crippen molar-refractivity contribution in [2.45, 2.75) is 51.5 Å². The summed E-state index contributed by atoms with van der Waals surface area (Å²) < 4.78 is 35.6. The van der Waals surface area contributed by atoms with Gasteiger partial charge in [-0.1, -0.05) is 32.8 Å². The number of halogens is 1. The molecule has 2 heterocycles. The van der Waals surface area contributed by atoms with Gasteiger partial charge in [0.25, 0.3) is 0 Å². The standard InChI is InChI=1S/C21H22FNO6.C9H19NO/c1-23-9-13(12-7-16(27-3)20-17(8-12)28-10-29-20)18(21(24)25)19(23)11-4-5-15(26-2)14(22)6-11;1-3-5-7-10(9-11)8-6-4-2/h4-8,13,18-19H,9-10H2,1-3H3,(H,24,25);9H,3-8H2,1-2H3. The van der Waals surface area contributed by atoms with Gasteiger partial charge in [-0.25, -0.2) is 4.39 Å². The lowest BCUT2D eigenvalue weighted by molar-refractivity contribution is -0.143. The van der Waals surface area contributed by atoms with Crippen molar-refractivity contribution in [2.24, 2.45) is 5.92 Å². The smallest absolute Gasteiger partial charge is 0.309 e. The Morgan fingerprint density at radius 1 is 1.07 bits per heavy atom. The first-order valence-electron chi connectivity index (χ1n) is 13.7. The molecule has 0 aromatic heterocycles. The molecule has 0 spiro atoms. The van der Waals surface area contributed by atoms with Crippen LogP contribution in [0.25, 0.3) is 0 Å². The molecule has 1 saturated heterocycles. The van der Waals surface area contributed by atoms with Crippen LogP contribution in [0.1, 0.15) is 62.6 Å². The predicted octanol–water partition coefficient (Wildman–Crippen LogP) is 5.09. The molecule has 1 N–H and O–H groups in total. The number of aliphatic carboxylic acids is 1. The van der Waals surface area contributed by atoms with E-state index in [1.165, 1.54) is 26.4 Å². The average molecular weight is 561 g/mol. The van der Waals surface area contributed by atoms with E-state index in [4.69, 9.17) is 18.9 Å². The van der Waals surface area contributed by atoms with Gasteiger partial charge in [0.1, 0.15) is 0 Å². The van der Waals surface area contributed by atoms with E-state index in [-0.39, 0.29) is 18.5 Å². The minimum Gasteiger partial charge on any atom is -0.494 e. The molecule has 0 aliphatic carbocycles. The fourth-order valence-corrected chi connectivity index (χ4v) is 5.28. The number of fused-ring (bicyclic) bond motifs is 1. The van der Waals surface area contributed by atoms with Crippen LogP contribution in [0.2, 0.25) is 0 Å². The SMILES string of the molecule is CCCCN(C=O)CCCC.COc1ccc(C2C(C(=O)O)C(c3cc(OC)c4c(c3)OCO4)CN2C)cc1F. The summed E-state index contributed by atoms with van der Waals surface area (Å²) in [5, 5.41) is 10.1. The van der Waals surface area contributed by atoms with Gasteiger partial charge in [0.05, 0.1) is 20.1 Å². The van der Waals surface area contributed by atoms with Crippen LogP contribution >= 0.6 is 0 Å². The maximum atomic E-state index is 14.3. The van der Waals surface area contributed by atoms with E-state index in [0.717, 1.165) is 50.7 Å². The Kier molecular flexibility index (Phi) is 11.4. The molecule has 0 saturated carbocycles. The summed E-state index contributed by atoms with van der Waals surface area (Å²) in [6, 6.07) is 7.68. The first kappa shape index (κ1) is 31.0. The van der Waals surface area contributed by atoms with E-state index in [0.29, 0.717) is 29.4 Å². The van der Waals surface area contributed by atoms with Crippen LogP contribution in [0, 0.1) is 11.7 Å². The molecule has 2 aliphatic rings. The monoisotopic (exact) mass is 560 g/mol. The number of nitrogens with zero attached hydrogens (tertiary/aromatic N) is 2. The highest BCUT2D eigenvalue weighted by atomic mass is 19.1. The topological polar surface area (TPSA) is 97.8 Å². The number of ether oxygens (including phenoxy) is 4. The Hall–Kier alpha value is -3.53. The van der Waals surface area contributed by atoms with Crippen molar-refractivity contribution >= 4 is 12.4 Å². The van der Waals surface area contributed by atoms with E-state index in [1.807, 2.05) is 16.8 Å². The van der Waals surface area contributed by atoms with Gasteiger partial charge >= 0.3 is 5.97 Å². The zero-order chi connectivity index (χ0) is 29.2. The van der Waals surface area contributed by atoms with E-state index in [2.05, 4.69) is 13.8 Å². The molecule has 0 bridgehead atoms. The van der Waals surface area contributed by atoms with Gasteiger partial charge in [0.2, 0.25) is 19.0 Å². The fourth-order valence-electron chi connectivity index (χ4n) is 5.28. The predicted molar refractivity (Wildman–Crippen MR) is 149 cm³/mol. The van der Waals surface area contributed by atoms with E-state index in [9.17, 15) is 19.1 Å². The second-order valence-corrected chi connectivity index (χ2v) is 10.1. The van der Waals surface area contributed by atoms with Gasteiger partial charge in [0, 0.05) is 31.6 Å². The fraction of sp³-hybridized carbons (Fsp3) is 0.533. The van der Waals surface area contributed by atoms with Crippen molar-refractivity contribution < 1.29 is 38.0 Å². The highest BCUT2D eigenvalue weighted by Gasteiger charge is 2.46. The Balaban J connectivity index is 0.000000342. The first-order valence-corrected chi connectivity index (χ1v) is 13.7. The molecule has 9 nitrogen and oxygen atoms in total. The summed E-state index contributed by atoms with van der Waals surface area (Å²) in [4.78, 5) is 26.5. The van der Waals surface area contributed by atoms with Crippen molar-refractivity contribution in [3.8, 4) is 23.0 Å². The zero-order valence-electron chi connectivity index (χ0n) is 24.0. The van der Waals surface area contributed by atoms with E-state index in [1.54, 1.807) is 18.2 Å². The quantitative estimate of drug-likeness (QED) is 0.359. The highest BCUT2D eigenvalue weighted by molar-refractivity contribution is 5.74. The Bertz CT molecular complexity index is 1140. The second kappa shape index (κ2) is 14.7. The molecule has 2 aromatic rings. The normalized spacial score (nSPS) is 19.5. The molecular weight excluding hydrogens is 519 g/mol. The number of likely N-dealkylation sites (N-methyl/N-ethyl adjacent to an activating group) is 1. The van der Waals surface area contributed by atoms with Crippen molar-refractivity contribution in [2.75, 3.05) is 47.7 Å².